The van der Waals surface area contributed by atoms with Crippen LogP contribution in [0.2, 0.25) is 0 Å². The average molecular weight is 147 g/mol. The van der Waals surface area contributed by atoms with E-state index < -0.39 is 0 Å². The molecule has 1 aromatic rings. The topological polar surface area (TPSA) is 69.3 Å². The quantitative estimate of drug-likeness (QED) is 0.362. The van der Waals surface area contributed by atoms with Gasteiger partial charge in [0.25, 0.3) is 0 Å². The maximum Gasteiger partial charge on any atom is 0.102 e. The SMILES string of the molecule is N#Cc1cccnc1C=NO. The highest BCUT2D eigenvalue weighted by molar-refractivity contribution is 5.79. The molecule has 0 amide bonds. The summed E-state index contributed by atoms with van der Waals surface area (Å²) in [6, 6.07) is 5.16. The molecule has 0 spiro atoms. The molecular weight excluding hydrogens is 142 g/mol. The van der Waals surface area contributed by atoms with Crippen LogP contribution in [0, 0.1) is 11.3 Å². The van der Waals surface area contributed by atoms with Crippen LogP contribution in [0.5, 0.6) is 0 Å². The summed E-state index contributed by atoms with van der Waals surface area (Å²) in [6.45, 7) is 0. The first-order valence-electron chi connectivity index (χ1n) is 2.91. The minimum atomic E-state index is 0.373. The van der Waals surface area contributed by atoms with Crippen molar-refractivity contribution in [3.05, 3.63) is 29.6 Å². The highest BCUT2D eigenvalue weighted by Gasteiger charge is 1.96. The maximum absolute atomic E-state index is 8.51. The van der Waals surface area contributed by atoms with Crippen LogP contribution in [-0.4, -0.2) is 16.4 Å². The van der Waals surface area contributed by atoms with Crippen molar-refractivity contribution in [2.45, 2.75) is 0 Å². The monoisotopic (exact) mass is 147 g/mol. The van der Waals surface area contributed by atoms with Crippen molar-refractivity contribution in [2.75, 3.05) is 0 Å². The van der Waals surface area contributed by atoms with E-state index >= 15 is 0 Å². The van der Waals surface area contributed by atoms with Crippen LogP contribution in [-0.2, 0) is 0 Å². The lowest BCUT2D eigenvalue weighted by Gasteiger charge is -1.91. The molecule has 0 saturated heterocycles. The van der Waals surface area contributed by atoms with Gasteiger partial charge in [-0.2, -0.15) is 5.26 Å². The van der Waals surface area contributed by atoms with Crippen LogP contribution in [0.15, 0.2) is 23.5 Å². The van der Waals surface area contributed by atoms with Gasteiger partial charge in [0.15, 0.2) is 0 Å². The normalized spacial score (nSPS) is 9.73. The van der Waals surface area contributed by atoms with E-state index in [0.717, 1.165) is 6.21 Å². The largest absolute Gasteiger partial charge is 0.411 e. The number of hydrogen-bond donors (Lipinski definition) is 1. The lowest BCUT2D eigenvalue weighted by Crippen LogP contribution is -1.91. The molecule has 1 rings (SSSR count). The average Bonchev–Trinajstić information content (AvgIpc) is 2.06. The van der Waals surface area contributed by atoms with E-state index in [0.29, 0.717) is 11.3 Å². The van der Waals surface area contributed by atoms with Crippen molar-refractivity contribution in [3.63, 3.8) is 0 Å². The van der Waals surface area contributed by atoms with Gasteiger partial charge in [-0.3, -0.25) is 4.98 Å². The Morgan fingerprint density at radius 1 is 1.73 bits per heavy atom. The van der Waals surface area contributed by atoms with E-state index in [1.807, 2.05) is 6.07 Å². The van der Waals surface area contributed by atoms with Crippen LogP contribution in [0.1, 0.15) is 11.3 Å². The maximum atomic E-state index is 8.51. The van der Waals surface area contributed by atoms with E-state index in [1.165, 1.54) is 6.20 Å². The zero-order valence-electron chi connectivity index (χ0n) is 5.60. The van der Waals surface area contributed by atoms with Crippen LogP contribution >= 0.6 is 0 Å². The standard InChI is InChI=1S/C7H5N3O/c8-4-6-2-1-3-9-7(6)5-10-11/h1-3,5,11H. The minimum absolute atomic E-state index is 0.373. The molecule has 0 unspecified atom stereocenters. The van der Waals surface area contributed by atoms with Gasteiger partial charge < -0.3 is 5.21 Å². The summed E-state index contributed by atoms with van der Waals surface area (Å²) >= 11 is 0. The lowest BCUT2D eigenvalue weighted by atomic mass is 10.2. The van der Waals surface area contributed by atoms with Gasteiger partial charge in [0.2, 0.25) is 0 Å². The molecule has 0 aliphatic carbocycles. The summed E-state index contributed by atoms with van der Waals surface area (Å²) in [5, 5.41) is 19.4. The van der Waals surface area contributed by atoms with Crippen LogP contribution in [0.3, 0.4) is 0 Å². The Morgan fingerprint density at radius 3 is 3.18 bits per heavy atom. The molecule has 0 fully saturated rings. The second-order valence-corrected chi connectivity index (χ2v) is 1.79. The smallest absolute Gasteiger partial charge is 0.102 e. The van der Waals surface area contributed by atoms with Crippen molar-refractivity contribution in [1.29, 1.82) is 5.26 Å². The summed E-state index contributed by atoms with van der Waals surface area (Å²) in [5.41, 5.74) is 0.766. The predicted molar refractivity (Wildman–Crippen MR) is 38.3 cm³/mol. The van der Waals surface area contributed by atoms with Crippen LogP contribution in [0.4, 0.5) is 0 Å². The molecule has 1 heterocycles. The fourth-order valence-corrected chi connectivity index (χ4v) is 0.670. The number of aromatic nitrogens is 1. The van der Waals surface area contributed by atoms with Crippen molar-refractivity contribution in [2.24, 2.45) is 5.16 Å². The number of oxime groups is 1. The van der Waals surface area contributed by atoms with Crippen LogP contribution in [0.25, 0.3) is 0 Å². The zero-order chi connectivity index (χ0) is 8.10. The highest BCUT2D eigenvalue weighted by Crippen LogP contribution is 1.99. The van der Waals surface area contributed by atoms with E-state index in [4.69, 9.17) is 10.5 Å². The Balaban J connectivity index is 3.15. The molecule has 4 nitrogen and oxygen atoms in total. The number of rotatable bonds is 1. The first-order valence-corrected chi connectivity index (χ1v) is 2.91. The minimum Gasteiger partial charge on any atom is -0.411 e. The third-order valence-corrected chi connectivity index (χ3v) is 1.14. The summed E-state index contributed by atoms with van der Waals surface area (Å²) in [5.74, 6) is 0. The lowest BCUT2D eigenvalue weighted by molar-refractivity contribution is 0.321. The van der Waals surface area contributed by atoms with Crippen molar-refractivity contribution in [3.8, 4) is 6.07 Å². The summed E-state index contributed by atoms with van der Waals surface area (Å²) in [4.78, 5) is 3.81. The third-order valence-electron chi connectivity index (χ3n) is 1.14. The predicted octanol–water partition coefficient (Wildman–Crippen LogP) is 0.761. The molecule has 0 atom stereocenters. The van der Waals surface area contributed by atoms with Gasteiger partial charge in [0, 0.05) is 6.20 Å². The second kappa shape index (κ2) is 3.32. The molecule has 0 aliphatic rings. The molecule has 4 heteroatoms. The van der Waals surface area contributed by atoms with Gasteiger partial charge in [-0.05, 0) is 12.1 Å². The van der Waals surface area contributed by atoms with E-state index in [2.05, 4.69) is 10.1 Å². The first-order chi connectivity index (χ1) is 5.38. The van der Waals surface area contributed by atoms with Gasteiger partial charge in [0.05, 0.1) is 11.8 Å². The molecule has 1 aromatic heterocycles. The molecule has 0 saturated carbocycles. The van der Waals surface area contributed by atoms with Gasteiger partial charge in [0.1, 0.15) is 11.8 Å². The Bertz CT molecular complexity index is 314. The first kappa shape index (κ1) is 7.22. The summed E-state index contributed by atoms with van der Waals surface area (Å²) < 4.78 is 0. The van der Waals surface area contributed by atoms with E-state index in [1.54, 1.807) is 12.1 Å². The molecule has 0 aromatic carbocycles. The number of nitriles is 1. The Kier molecular flexibility index (Phi) is 2.18. The van der Waals surface area contributed by atoms with E-state index in [-0.39, 0.29) is 0 Å². The zero-order valence-corrected chi connectivity index (χ0v) is 5.60. The van der Waals surface area contributed by atoms with Gasteiger partial charge >= 0.3 is 0 Å². The fraction of sp³-hybridized carbons (Fsp3) is 0. The second-order valence-electron chi connectivity index (χ2n) is 1.79. The van der Waals surface area contributed by atoms with Crippen molar-refractivity contribution in [1.82, 2.24) is 4.98 Å². The number of hydrogen-bond acceptors (Lipinski definition) is 4. The number of nitrogens with zero attached hydrogens (tertiary/aromatic N) is 3. The molecule has 1 N–H and O–H groups in total. The van der Waals surface area contributed by atoms with Gasteiger partial charge in [-0.25, -0.2) is 0 Å². The molecule has 0 aliphatic heterocycles. The van der Waals surface area contributed by atoms with Crippen molar-refractivity contribution < 1.29 is 5.21 Å². The van der Waals surface area contributed by atoms with E-state index in [9.17, 15) is 0 Å². The molecule has 0 bridgehead atoms. The molecule has 11 heavy (non-hydrogen) atoms. The summed E-state index contributed by atoms with van der Waals surface area (Å²) in [7, 11) is 0. The third kappa shape index (κ3) is 1.52. The molecule has 0 radical (unpaired) electrons. The highest BCUT2D eigenvalue weighted by atomic mass is 16.4. The Labute approximate surface area is 63.4 Å². The molecule has 54 valence electrons. The Hall–Kier alpha value is -1.89. The summed E-state index contributed by atoms with van der Waals surface area (Å²) in [6.07, 6.45) is 2.65. The van der Waals surface area contributed by atoms with Crippen molar-refractivity contribution >= 4 is 6.21 Å². The van der Waals surface area contributed by atoms with Crippen LogP contribution < -0.4 is 0 Å². The number of pyridine rings is 1. The molecular formula is C7H5N3O. The van der Waals surface area contributed by atoms with Gasteiger partial charge in [-0.15, -0.1) is 0 Å². The Morgan fingerprint density at radius 2 is 2.55 bits per heavy atom. The fourth-order valence-electron chi connectivity index (χ4n) is 0.670. The van der Waals surface area contributed by atoms with Gasteiger partial charge in [-0.1, -0.05) is 5.16 Å².